The van der Waals surface area contributed by atoms with E-state index in [0.717, 1.165) is 0 Å². The number of methoxy groups -OCH3 is 1. The number of morpholine rings is 1. The van der Waals surface area contributed by atoms with Crippen LogP contribution in [0.25, 0.3) is 0 Å². The maximum atomic E-state index is 10.9. The van der Waals surface area contributed by atoms with Gasteiger partial charge in [-0.15, -0.1) is 12.4 Å². The van der Waals surface area contributed by atoms with Crippen LogP contribution in [-0.2, 0) is 14.3 Å². The molecule has 4 nitrogen and oxygen atoms in total. The third-order valence-electron chi connectivity index (χ3n) is 1.68. The van der Waals surface area contributed by atoms with Crippen LogP contribution in [0, 0.1) is 0 Å². The Balaban J connectivity index is 0.00000121. The molecule has 0 bridgehead atoms. The van der Waals surface area contributed by atoms with Crippen LogP contribution >= 0.6 is 12.4 Å². The lowest BCUT2D eigenvalue weighted by Gasteiger charge is -2.26. The van der Waals surface area contributed by atoms with E-state index in [2.05, 4.69) is 10.1 Å². The molecule has 0 saturated carbocycles. The summed E-state index contributed by atoms with van der Waals surface area (Å²) in [5, 5.41) is 3.02. The third kappa shape index (κ3) is 2.97. The van der Waals surface area contributed by atoms with Crippen LogP contribution in [0.15, 0.2) is 0 Å². The molecule has 1 saturated heterocycles. The summed E-state index contributed by atoms with van der Waals surface area (Å²) in [6, 6.07) is -0.281. The molecule has 1 fully saturated rings. The van der Waals surface area contributed by atoms with E-state index in [1.165, 1.54) is 7.11 Å². The molecule has 0 radical (unpaired) electrons. The van der Waals surface area contributed by atoms with Crippen LogP contribution in [0.4, 0.5) is 0 Å². The highest BCUT2D eigenvalue weighted by atomic mass is 35.5. The van der Waals surface area contributed by atoms with E-state index in [4.69, 9.17) is 4.74 Å². The van der Waals surface area contributed by atoms with Crippen molar-refractivity contribution < 1.29 is 14.3 Å². The van der Waals surface area contributed by atoms with Gasteiger partial charge in [-0.1, -0.05) is 0 Å². The summed E-state index contributed by atoms with van der Waals surface area (Å²) in [5.41, 5.74) is 0. The largest absolute Gasteiger partial charge is 0.468 e. The van der Waals surface area contributed by atoms with Crippen LogP contribution in [0.3, 0.4) is 0 Å². The van der Waals surface area contributed by atoms with Crippen molar-refractivity contribution in [3.8, 4) is 0 Å². The minimum absolute atomic E-state index is 0. The second-order valence-electron chi connectivity index (χ2n) is 2.63. The molecule has 0 aromatic carbocycles. The first-order chi connectivity index (χ1) is 5.24. The normalized spacial score (nSPS) is 28.8. The van der Waals surface area contributed by atoms with Crippen molar-refractivity contribution >= 4 is 18.4 Å². The molecule has 0 aromatic rings. The van der Waals surface area contributed by atoms with Crippen molar-refractivity contribution in [1.29, 1.82) is 0 Å². The quantitative estimate of drug-likeness (QED) is 0.597. The highest BCUT2D eigenvalue weighted by molar-refractivity contribution is 5.85. The van der Waals surface area contributed by atoms with Crippen molar-refractivity contribution in [2.24, 2.45) is 0 Å². The lowest BCUT2D eigenvalue weighted by atomic mass is 10.2. The van der Waals surface area contributed by atoms with Gasteiger partial charge in [-0.05, 0) is 6.92 Å². The van der Waals surface area contributed by atoms with E-state index in [9.17, 15) is 4.79 Å². The molecular formula is C7H14ClNO3. The number of nitrogens with one attached hydrogen (secondary N) is 1. The second-order valence-corrected chi connectivity index (χ2v) is 2.63. The van der Waals surface area contributed by atoms with E-state index in [-0.39, 0.29) is 30.5 Å². The number of hydrogen-bond acceptors (Lipinski definition) is 4. The molecule has 0 aromatic heterocycles. The van der Waals surface area contributed by atoms with E-state index in [0.29, 0.717) is 13.2 Å². The molecule has 1 heterocycles. The molecule has 1 N–H and O–H groups in total. The van der Waals surface area contributed by atoms with Crippen LogP contribution in [-0.4, -0.2) is 38.4 Å². The zero-order valence-corrected chi connectivity index (χ0v) is 8.02. The summed E-state index contributed by atoms with van der Waals surface area (Å²) in [5.74, 6) is -0.253. The number of halogens is 1. The summed E-state index contributed by atoms with van der Waals surface area (Å²) in [4.78, 5) is 10.9. The van der Waals surface area contributed by atoms with Crippen molar-refractivity contribution in [1.82, 2.24) is 5.32 Å². The molecule has 1 rings (SSSR count). The second kappa shape index (κ2) is 5.35. The minimum Gasteiger partial charge on any atom is -0.468 e. The van der Waals surface area contributed by atoms with Gasteiger partial charge in [-0.2, -0.15) is 0 Å². The van der Waals surface area contributed by atoms with Gasteiger partial charge in [0.15, 0.2) is 0 Å². The summed E-state index contributed by atoms with van der Waals surface area (Å²) < 4.78 is 9.79. The van der Waals surface area contributed by atoms with Gasteiger partial charge in [0.05, 0.1) is 19.8 Å². The lowest BCUT2D eigenvalue weighted by molar-refractivity contribution is -0.147. The van der Waals surface area contributed by atoms with Crippen molar-refractivity contribution in [3.63, 3.8) is 0 Å². The summed E-state index contributed by atoms with van der Waals surface area (Å²) in [7, 11) is 1.38. The van der Waals surface area contributed by atoms with E-state index in [1.807, 2.05) is 6.92 Å². The predicted molar refractivity (Wildman–Crippen MR) is 46.5 cm³/mol. The smallest absolute Gasteiger partial charge is 0.325 e. The van der Waals surface area contributed by atoms with Crippen LogP contribution in [0.5, 0.6) is 0 Å². The van der Waals surface area contributed by atoms with Gasteiger partial charge < -0.3 is 9.47 Å². The predicted octanol–water partition coefficient (Wildman–Crippen LogP) is -0.0419. The topological polar surface area (TPSA) is 47.6 Å². The molecule has 1 aliphatic heterocycles. The zero-order valence-electron chi connectivity index (χ0n) is 7.20. The van der Waals surface area contributed by atoms with Gasteiger partial charge >= 0.3 is 5.97 Å². The van der Waals surface area contributed by atoms with E-state index < -0.39 is 0 Å². The molecule has 1 aliphatic rings. The van der Waals surface area contributed by atoms with Crippen LogP contribution in [0.2, 0.25) is 0 Å². The first-order valence-electron chi connectivity index (χ1n) is 3.67. The average Bonchev–Trinajstić information content (AvgIpc) is 2.05. The van der Waals surface area contributed by atoms with E-state index >= 15 is 0 Å². The molecule has 72 valence electrons. The standard InChI is InChI=1S/C7H13NO3.ClH/c1-5-3-8-6(4-11-5)7(9)10-2;/h5-6,8H,3-4H2,1-2H3;1H/t5-,6-;/m0./s1. The number of rotatable bonds is 1. The van der Waals surface area contributed by atoms with Crippen molar-refractivity contribution in [3.05, 3.63) is 0 Å². The molecule has 0 aliphatic carbocycles. The van der Waals surface area contributed by atoms with E-state index in [1.54, 1.807) is 0 Å². The summed E-state index contributed by atoms with van der Waals surface area (Å²) in [6.45, 7) is 3.08. The Morgan fingerprint density at radius 2 is 2.33 bits per heavy atom. The number of carbonyl (C=O) groups is 1. The summed E-state index contributed by atoms with van der Waals surface area (Å²) >= 11 is 0. The molecule has 0 unspecified atom stereocenters. The number of esters is 1. The molecular weight excluding hydrogens is 182 g/mol. The average molecular weight is 196 g/mol. The molecule has 5 heteroatoms. The van der Waals surface area contributed by atoms with Gasteiger partial charge in [0.1, 0.15) is 6.04 Å². The van der Waals surface area contributed by atoms with Gasteiger partial charge in [-0.25, -0.2) is 0 Å². The SMILES string of the molecule is COC(=O)[C@@H]1CO[C@@H](C)CN1.Cl. The Morgan fingerprint density at radius 3 is 2.75 bits per heavy atom. The fourth-order valence-corrected chi connectivity index (χ4v) is 0.980. The van der Waals surface area contributed by atoms with Gasteiger partial charge in [0.25, 0.3) is 0 Å². The monoisotopic (exact) mass is 195 g/mol. The van der Waals surface area contributed by atoms with Gasteiger partial charge in [-0.3, -0.25) is 10.1 Å². The Kier molecular flexibility index (Phi) is 5.20. The first-order valence-corrected chi connectivity index (χ1v) is 3.67. The molecule has 12 heavy (non-hydrogen) atoms. The molecule has 2 atom stereocenters. The Morgan fingerprint density at radius 1 is 1.67 bits per heavy atom. The zero-order chi connectivity index (χ0) is 8.27. The number of carbonyl (C=O) groups excluding carboxylic acids is 1. The Bertz CT molecular complexity index is 146. The van der Waals surface area contributed by atoms with Crippen LogP contribution in [0.1, 0.15) is 6.92 Å². The highest BCUT2D eigenvalue weighted by Crippen LogP contribution is 2.00. The third-order valence-corrected chi connectivity index (χ3v) is 1.68. The van der Waals surface area contributed by atoms with Gasteiger partial charge in [0.2, 0.25) is 0 Å². The van der Waals surface area contributed by atoms with Crippen LogP contribution < -0.4 is 5.32 Å². The maximum Gasteiger partial charge on any atom is 0.325 e. The Labute approximate surface area is 78.0 Å². The van der Waals surface area contributed by atoms with Gasteiger partial charge in [0, 0.05) is 6.54 Å². The minimum atomic E-state index is -0.281. The first kappa shape index (κ1) is 11.7. The fourth-order valence-electron chi connectivity index (χ4n) is 0.980. The Hall–Kier alpha value is -0.320. The fraction of sp³-hybridized carbons (Fsp3) is 0.857. The highest BCUT2D eigenvalue weighted by Gasteiger charge is 2.24. The molecule has 0 spiro atoms. The van der Waals surface area contributed by atoms with Crippen molar-refractivity contribution in [2.45, 2.75) is 19.1 Å². The lowest BCUT2D eigenvalue weighted by Crippen LogP contribution is -2.49. The maximum absolute atomic E-state index is 10.9. The summed E-state index contributed by atoms with van der Waals surface area (Å²) in [6.07, 6.45) is 0.191. The van der Waals surface area contributed by atoms with Crippen molar-refractivity contribution in [2.75, 3.05) is 20.3 Å². The number of hydrogen-bond donors (Lipinski definition) is 1. The number of ether oxygens (including phenoxy) is 2. The molecule has 0 amide bonds.